The smallest absolute Gasteiger partial charge is 0.226 e. The molecule has 0 aliphatic carbocycles. The Morgan fingerprint density at radius 3 is 2.70 bits per heavy atom. The van der Waals surface area contributed by atoms with Gasteiger partial charge in [0.15, 0.2) is 0 Å². The van der Waals surface area contributed by atoms with E-state index in [1.54, 1.807) is 12.0 Å². The van der Waals surface area contributed by atoms with Gasteiger partial charge in [-0.05, 0) is 19.4 Å². The van der Waals surface area contributed by atoms with Crippen molar-refractivity contribution in [2.75, 3.05) is 20.3 Å². The summed E-state index contributed by atoms with van der Waals surface area (Å²) in [5, 5.41) is 10.1. The zero-order valence-corrected chi connectivity index (χ0v) is 16.0. The molecular formula is C20H26N4O3. The van der Waals surface area contributed by atoms with E-state index in [0.29, 0.717) is 19.7 Å². The lowest BCUT2D eigenvalue weighted by molar-refractivity contribution is -0.129. The van der Waals surface area contributed by atoms with E-state index in [-0.39, 0.29) is 24.3 Å². The molecule has 1 saturated heterocycles. The number of aryl methyl sites for hydroxylation is 2. The molecule has 1 aromatic heterocycles. The average Bonchev–Trinajstić information content (AvgIpc) is 3.18. The molecule has 0 radical (unpaired) electrons. The first-order valence-electron chi connectivity index (χ1n) is 9.14. The number of benzene rings is 1. The van der Waals surface area contributed by atoms with Crippen LogP contribution < -0.4 is 5.32 Å². The lowest BCUT2D eigenvalue weighted by Gasteiger charge is -2.28. The molecule has 2 aromatic rings. The summed E-state index contributed by atoms with van der Waals surface area (Å²) in [4.78, 5) is 27.3. The highest BCUT2D eigenvalue weighted by atomic mass is 16.5. The third kappa shape index (κ3) is 4.03. The second kappa shape index (κ2) is 8.35. The summed E-state index contributed by atoms with van der Waals surface area (Å²) in [5.41, 5.74) is 3.77. The van der Waals surface area contributed by atoms with Gasteiger partial charge in [-0.3, -0.25) is 14.7 Å². The van der Waals surface area contributed by atoms with Crippen LogP contribution in [0.1, 0.15) is 35.0 Å². The number of ether oxygens (including phenoxy) is 1. The van der Waals surface area contributed by atoms with E-state index in [9.17, 15) is 9.59 Å². The first-order chi connectivity index (χ1) is 13.0. The minimum atomic E-state index is -0.427. The van der Waals surface area contributed by atoms with Gasteiger partial charge in [-0.1, -0.05) is 30.3 Å². The van der Waals surface area contributed by atoms with Crippen LogP contribution in [0.3, 0.4) is 0 Å². The van der Waals surface area contributed by atoms with Crippen LogP contribution in [0.15, 0.2) is 30.3 Å². The van der Waals surface area contributed by atoms with E-state index in [4.69, 9.17) is 4.74 Å². The maximum Gasteiger partial charge on any atom is 0.226 e. The first kappa shape index (κ1) is 19.1. The fourth-order valence-electron chi connectivity index (χ4n) is 3.68. The number of hydrogen-bond donors (Lipinski definition) is 2. The number of carbonyl (C=O) groups excluding carboxylic acids is 2. The van der Waals surface area contributed by atoms with Crippen molar-refractivity contribution < 1.29 is 14.3 Å². The number of carbonyl (C=O) groups is 2. The van der Waals surface area contributed by atoms with Gasteiger partial charge in [0.25, 0.3) is 0 Å². The number of rotatable bonds is 7. The molecule has 0 spiro atoms. The van der Waals surface area contributed by atoms with Gasteiger partial charge in [0.05, 0.1) is 24.3 Å². The lowest BCUT2D eigenvalue weighted by atomic mass is 9.92. The van der Waals surface area contributed by atoms with Crippen molar-refractivity contribution in [2.24, 2.45) is 5.92 Å². The Morgan fingerprint density at radius 2 is 2.07 bits per heavy atom. The summed E-state index contributed by atoms with van der Waals surface area (Å²) in [6.07, 6.45) is 0.207. The summed E-state index contributed by atoms with van der Waals surface area (Å²) in [6.45, 7) is 5.15. The second-order valence-corrected chi connectivity index (χ2v) is 6.88. The Hall–Kier alpha value is -2.67. The van der Waals surface area contributed by atoms with Crippen molar-refractivity contribution in [1.29, 1.82) is 0 Å². The molecule has 2 N–H and O–H groups in total. The molecule has 7 heteroatoms. The molecule has 2 heterocycles. The Labute approximate surface area is 159 Å². The summed E-state index contributed by atoms with van der Waals surface area (Å²) in [5.74, 6) is -0.557. The Balaban J connectivity index is 1.79. The number of aromatic amines is 1. The summed E-state index contributed by atoms with van der Waals surface area (Å²) in [6, 6.07) is 9.45. The van der Waals surface area contributed by atoms with Gasteiger partial charge in [0.2, 0.25) is 11.8 Å². The highest BCUT2D eigenvalue weighted by molar-refractivity contribution is 5.90. The van der Waals surface area contributed by atoms with E-state index in [1.807, 2.05) is 44.2 Å². The quantitative estimate of drug-likeness (QED) is 0.779. The van der Waals surface area contributed by atoms with Gasteiger partial charge in [0, 0.05) is 37.9 Å². The monoisotopic (exact) mass is 370 g/mol. The van der Waals surface area contributed by atoms with Gasteiger partial charge in [-0.2, -0.15) is 5.10 Å². The van der Waals surface area contributed by atoms with E-state index >= 15 is 0 Å². The van der Waals surface area contributed by atoms with Crippen LogP contribution in [0.2, 0.25) is 0 Å². The van der Waals surface area contributed by atoms with Gasteiger partial charge >= 0.3 is 0 Å². The van der Waals surface area contributed by atoms with Crippen molar-refractivity contribution in [2.45, 2.75) is 32.9 Å². The van der Waals surface area contributed by atoms with Gasteiger partial charge < -0.3 is 15.0 Å². The predicted molar refractivity (Wildman–Crippen MR) is 101 cm³/mol. The number of amides is 2. The molecule has 144 valence electrons. The molecule has 0 saturated carbocycles. The zero-order chi connectivity index (χ0) is 19.4. The van der Waals surface area contributed by atoms with Crippen LogP contribution in [0.25, 0.3) is 0 Å². The third-order valence-corrected chi connectivity index (χ3v) is 5.17. The van der Waals surface area contributed by atoms with Crippen LogP contribution in [0, 0.1) is 19.8 Å². The van der Waals surface area contributed by atoms with Crippen molar-refractivity contribution >= 4 is 11.8 Å². The minimum absolute atomic E-state index is 0.0169. The van der Waals surface area contributed by atoms with Crippen molar-refractivity contribution in [1.82, 2.24) is 20.4 Å². The topological polar surface area (TPSA) is 87.3 Å². The fourth-order valence-corrected chi connectivity index (χ4v) is 3.68. The molecule has 2 amide bonds. The summed E-state index contributed by atoms with van der Waals surface area (Å²) in [7, 11) is 1.61. The molecule has 7 nitrogen and oxygen atoms in total. The van der Waals surface area contributed by atoms with E-state index < -0.39 is 5.92 Å². The normalized spacial score (nSPS) is 19.5. The molecule has 0 bridgehead atoms. The predicted octanol–water partition coefficient (Wildman–Crippen LogP) is 1.88. The summed E-state index contributed by atoms with van der Waals surface area (Å²) < 4.78 is 5.15. The van der Waals surface area contributed by atoms with Crippen LogP contribution >= 0.6 is 0 Å². The number of nitrogens with zero attached hydrogens (tertiary/aromatic N) is 2. The largest absolute Gasteiger partial charge is 0.383 e. The third-order valence-electron chi connectivity index (χ3n) is 5.17. The first-order valence-corrected chi connectivity index (χ1v) is 9.14. The zero-order valence-electron chi connectivity index (χ0n) is 16.0. The van der Waals surface area contributed by atoms with Crippen LogP contribution in [0.5, 0.6) is 0 Å². The van der Waals surface area contributed by atoms with E-state index in [0.717, 1.165) is 22.5 Å². The maximum absolute atomic E-state index is 13.0. The van der Waals surface area contributed by atoms with E-state index in [2.05, 4.69) is 15.5 Å². The Morgan fingerprint density at radius 1 is 1.33 bits per heavy atom. The molecular weight excluding hydrogens is 344 g/mol. The maximum atomic E-state index is 13.0. The standard InChI is InChI=1S/C20H26N4O3/c1-13-17(14(2)23-22-13)12-21-20(26)16-11-18(25)24(9-10-27-3)19(16)15-7-5-4-6-8-15/h4-8,16,19H,9-12H2,1-3H3,(H,21,26)(H,22,23)/t16-,19+/m1/s1. The number of aromatic nitrogens is 2. The molecule has 2 atom stereocenters. The Bertz CT molecular complexity index is 783. The highest BCUT2D eigenvalue weighted by Gasteiger charge is 2.44. The van der Waals surface area contributed by atoms with Crippen LogP contribution in [-0.2, 0) is 20.9 Å². The number of likely N-dealkylation sites (tertiary alicyclic amines) is 1. The number of methoxy groups -OCH3 is 1. The molecule has 1 aliphatic rings. The van der Waals surface area contributed by atoms with Gasteiger partial charge in [-0.25, -0.2) is 0 Å². The van der Waals surface area contributed by atoms with Gasteiger partial charge in [0.1, 0.15) is 0 Å². The molecule has 1 aliphatic heterocycles. The second-order valence-electron chi connectivity index (χ2n) is 6.88. The molecule has 0 unspecified atom stereocenters. The number of nitrogens with one attached hydrogen (secondary N) is 2. The lowest BCUT2D eigenvalue weighted by Crippen LogP contribution is -2.36. The van der Waals surface area contributed by atoms with Crippen LogP contribution in [-0.4, -0.2) is 47.2 Å². The minimum Gasteiger partial charge on any atom is -0.383 e. The fraction of sp³-hybridized carbons (Fsp3) is 0.450. The van der Waals surface area contributed by atoms with E-state index in [1.165, 1.54) is 0 Å². The van der Waals surface area contributed by atoms with Gasteiger partial charge in [-0.15, -0.1) is 0 Å². The number of H-pyrrole nitrogens is 1. The number of hydrogen-bond acceptors (Lipinski definition) is 4. The summed E-state index contributed by atoms with van der Waals surface area (Å²) >= 11 is 0. The van der Waals surface area contributed by atoms with Crippen molar-refractivity contribution in [3.05, 3.63) is 52.8 Å². The SMILES string of the molecule is COCCN1C(=O)C[C@@H](C(=O)NCc2c(C)n[nH]c2C)[C@@H]1c1ccccc1. The molecule has 27 heavy (non-hydrogen) atoms. The van der Waals surface area contributed by atoms with Crippen molar-refractivity contribution in [3.8, 4) is 0 Å². The van der Waals surface area contributed by atoms with Crippen LogP contribution in [0.4, 0.5) is 0 Å². The molecule has 1 fully saturated rings. The Kier molecular flexibility index (Phi) is 5.91. The molecule has 1 aromatic carbocycles. The highest BCUT2D eigenvalue weighted by Crippen LogP contribution is 2.38. The average molecular weight is 370 g/mol. The molecule has 3 rings (SSSR count). The van der Waals surface area contributed by atoms with Crippen molar-refractivity contribution in [3.63, 3.8) is 0 Å².